The molecule has 0 saturated carbocycles. The van der Waals surface area contributed by atoms with E-state index in [0.29, 0.717) is 11.3 Å². The minimum Gasteiger partial charge on any atom is -0.322 e. The van der Waals surface area contributed by atoms with Gasteiger partial charge in [-0.25, -0.2) is 16.8 Å². The molecule has 0 aromatic heterocycles. The summed E-state index contributed by atoms with van der Waals surface area (Å²) >= 11 is 0. The number of nitrogens with zero attached hydrogens (tertiary/aromatic N) is 1. The van der Waals surface area contributed by atoms with E-state index in [4.69, 9.17) is 0 Å². The van der Waals surface area contributed by atoms with Crippen LogP contribution in [0.4, 0.5) is 10.1 Å². The number of sulfonamides is 1. The molecule has 0 bridgehead atoms. The van der Waals surface area contributed by atoms with Crippen LogP contribution < -0.4 is 5.32 Å². The highest BCUT2D eigenvalue weighted by Gasteiger charge is 2.19. The molecule has 2 aromatic rings. The number of carbonyl (C=O) groups excluding carboxylic acids is 1. The zero-order valence-corrected chi connectivity index (χ0v) is 14.2. The summed E-state index contributed by atoms with van der Waals surface area (Å²) < 4.78 is 40.1. The number of aryl methyl sites for hydroxylation is 1. The molecule has 0 aliphatic rings. The van der Waals surface area contributed by atoms with E-state index in [1.807, 2.05) is 0 Å². The monoisotopic (exact) mass is 348 g/mol. The van der Waals surface area contributed by atoms with E-state index in [1.54, 1.807) is 6.92 Å². The molecular formula is C15H13FN2O3SSi. The molecule has 5 nitrogen and oxygen atoms in total. The Bertz CT molecular complexity index is 898. The van der Waals surface area contributed by atoms with Crippen LogP contribution in [0.25, 0.3) is 0 Å². The number of benzene rings is 2. The van der Waals surface area contributed by atoms with Crippen LogP contribution in [-0.2, 0) is 10.0 Å². The zero-order valence-electron chi connectivity index (χ0n) is 12.4. The number of hydrogen-bond donors (Lipinski definition) is 1. The van der Waals surface area contributed by atoms with Crippen LogP contribution in [0, 0.1) is 19.7 Å². The number of carbonyl (C=O) groups is 1. The lowest BCUT2D eigenvalue weighted by molar-refractivity contribution is 0.102. The first-order chi connectivity index (χ1) is 10.8. The summed E-state index contributed by atoms with van der Waals surface area (Å²) in [7, 11) is -1.24. The van der Waals surface area contributed by atoms with Gasteiger partial charge >= 0.3 is 0 Å². The van der Waals surface area contributed by atoms with Crippen molar-refractivity contribution < 1.29 is 17.6 Å². The number of halogens is 1. The van der Waals surface area contributed by atoms with Crippen molar-refractivity contribution in [2.75, 3.05) is 5.32 Å². The van der Waals surface area contributed by atoms with Crippen LogP contribution in [0.5, 0.6) is 0 Å². The van der Waals surface area contributed by atoms with Gasteiger partial charge in [-0.2, -0.15) is 0 Å². The Hall–Kier alpha value is -2.19. The predicted octanol–water partition coefficient (Wildman–Crippen LogP) is 2.74. The number of hydrogen-bond acceptors (Lipinski definition) is 3. The van der Waals surface area contributed by atoms with Gasteiger partial charge in [0.25, 0.3) is 15.9 Å². The Morgan fingerprint density at radius 1 is 1.22 bits per heavy atom. The summed E-state index contributed by atoms with van der Waals surface area (Å²) in [6.45, 7) is 3.11. The second-order valence-electron chi connectivity index (χ2n) is 4.91. The average molecular weight is 348 g/mol. The van der Waals surface area contributed by atoms with E-state index >= 15 is 0 Å². The van der Waals surface area contributed by atoms with Crippen molar-refractivity contribution in [3.8, 4) is 0 Å². The van der Waals surface area contributed by atoms with Gasteiger partial charge in [0.15, 0.2) is 0 Å². The second kappa shape index (κ2) is 6.51. The molecule has 0 saturated heterocycles. The van der Waals surface area contributed by atoms with Crippen LogP contribution in [0.15, 0.2) is 45.3 Å². The number of rotatable bonds is 4. The Balaban J connectivity index is 2.38. The second-order valence-corrected chi connectivity index (χ2v) is 7.03. The van der Waals surface area contributed by atoms with E-state index in [1.165, 1.54) is 43.3 Å². The third-order valence-corrected chi connectivity index (χ3v) is 5.30. The minimum absolute atomic E-state index is 0.0598. The first-order valence-corrected chi connectivity index (χ1v) is 8.46. The van der Waals surface area contributed by atoms with Gasteiger partial charge in [0.05, 0.1) is 4.90 Å². The molecule has 23 heavy (non-hydrogen) atoms. The highest BCUT2D eigenvalue weighted by molar-refractivity contribution is 7.90. The van der Waals surface area contributed by atoms with Gasteiger partial charge < -0.3 is 5.32 Å². The lowest BCUT2D eigenvalue weighted by Gasteiger charge is -2.11. The fourth-order valence-corrected chi connectivity index (χ4v) is 3.25. The standard InChI is InChI=1S/C15H13FN2O3SSi/c1-9-8-11(6-7-13(9)16)17-15(19)12-4-3-5-14(10(12)2)22(20,21)18-23/h3-8H,1-2H3,(H,17,19). The molecular weight excluding hydrogens is 335 g/mol. The Morgan fingerprint density at radius 3 is 2.52 bits per heavy atom. The van der Waals surface area contributed by atoms with Crippen LogP contribution in [-0.4, -0.2) is 24.4 Å². The van der Waals surface area contributed by atoms with E-state index in [0.717, 1.165) is 0 Å². The van der Waals surface area contributed by atoms with E-state index in [9.17, 15) is 17.6 Å². The summed E-state index contributed by atoms with van der Waals surface area (Å²) in [4.78, 5) is 12.3. The molecule has 0 spiro atoms. The van der Waals surface area contributed by atoms with Gasteiger partial charge in [-0.05, 0) is 55.3 Å². The molecule has 0 fully saturated rings. The van der Waals surface area contributed by atoms with Gasteiger partial charge in [-0.3, -0.25) is 4.79 Å². The highest BCUT2D eigenvalue weighted by Crippen LogP contribution is 2.22. The lowest BCUT2D eigenvalue weighted by Crippen LogP contribution is -2.15. The summed E-state index contributed by atoms with van der Waals surface area (Å²) in [5, 5.41) is 2.62. The maximum Gasteiger partial charge on any atom is 0.273 e. The van der Waals surface area contributed by atoms with Gasteiger partial charge in [0.1, 0.15) is 5.82 Å². The summed E-state index contributed by atoms with van der Waals surface area (Å²) in [5.41, 5.74) is 1.30. The van der Waals surface area contributed by atoms with Crippen molar-refractivity contribution in [2.24, 2.45) is 4.04 Å². The van der Waals surface area contributed by atoms with E-state index in [-0.39, 0.29) is 21.8 Å². The fraction of sp³-hybridized carbons (Fsp3) is 0.133. The molecule has 2 rings (SSSR count). The molecule has 0 aliphatic heterocycles. The average Bonchev–Trinajstić information content (AvgIpc) is 2.51. The zero-order chi connectivity index (χ0) is 17.2. The smallest absolute Gasteiger partial charge is 0.273 e. The Kier molecular flexibility index (Phi) is 4.86. The van der Waals surface area contributed by atoms with Crippen molar-refractivity contribution >= 4 is 31.7 Å². The van der Waals surface area contributed by atoms with Crippen LogP contribution in [0.1, 0.15) is 21.5 Å². The fourth-order valence-electron chi connectivity index (χ4n) is 2.11. The predicted molar refractivity (Wildman–Crippen MR) is 85.6 cm³/mol. The molecule has 2 radical (unpaired) electrons. The quantitative estimate of drug-likeness (QED) is 0.863. The van der Waals surface area contributed by atoms with Gasteiger partial charge in [0.2, 0.25) is 10.0 Å². The molecule has 0 aliphatic carbocycles. The van der Waals surface area contributed by atoms with Crippen molar-refractivity contribution in [3.63, 3.8) is 0 Å². The topological polar surface area (TPSA) is 75.6 Å². The first-order valence-electron chi connectivity index (χ1n) is 6.57. The van der Waals surface area contributed by atoms with E-state index < -0.39 is 15.9 Å². The summed E-state index contributed by atoms with van der Waals surface area (Å²) in [6.07, 6.45) is 0. The molecule has 2 aromatic carbocycles. The molecule has 0 atom stereocenters. The maximum absolute atomic E-state index is 13.3. The van der Waals surface area contributed by atoms with Gasteiger partial charge in [0, 0.05) is 11.3 Å². The largest absolute Gasteiger partial charge is 0.322 e. The summed E-state index contributed by atoms with van der Waals surface area (Å²) in [6, 6.07) is 8.52. The van der Waals surface area contributed by atoms with Gasteiger partial charge in [-0.1, -0.05) is 6.07 Å². The molecule has 118 valence electrons. The minimum atomic E-state index is -3.86. The lowest BCUT2D eigenvalue weighted by atomic mass is 10.1. The number of amides is 1. The highest BCUT2D eigenvalue weighted by atomic mass is 32.2. The molecule has 0 heterocycles. The maximum atomic E-state index is 13.3. The Morgan fingerprint density at radius 2 is 1.91 bits per heavy atom. The normalized spacial score (nSPS) is 11.1. The molecule has 1 N–H and O–H groups in total. The molecule has 0 unspecified atom stereocenters. The molecule has 8 heteroatoms. The van der Waals surface area contributed by atoms with Crippen molar-refractivity contribution in [1.29, 1.82) is 0 Å². The Labute approximate surface area is 136 Å². The van der Waals surface area contributed by atoms with Crippen LogP contribution >= 0.6 is 0 Å². The van der Waals surface area contributed by atoms with Crippen LogP contribution in [0.3, 0.4) is 0 Å². The first kappa shape index (κ1) is 17.2. The van der Waals surface area contributed by atoms with Crippen LogP contribution in [0.2, 0.25) is 0 Å². The summed E-state index contributed by atoms with van der Waals surface area (Å²) in [5.74, 6) is -0.856. The SMILES string of the molecule is Cc1cc(NC(=O)c2cccc(S(=O)(=O)N=[Si])c2C)ccc1F. The molecule has 1 amide bonds. The van der Waals surface area contributed by atoms with Gasteiger partial charge in [-0.15, -0.1) is 0 Å². The van der Waals surface area contributed by atoms with Crippen molar-refractivity contribution in [3.05, 3.63) is 58.9 Å². The van der Waals surface area contributed by atoms with Crippen molar-refractivity contribution in [1.82, 2.24) is 0 Å². The van der Waals surface area contributed by atoms with E-state index in [2.05, 4.69) is 19.4 Å². The third kappa shape index (κ3) is 3.59. The number of anilines is 1. The third-order valence-electron chi connectivity index (χ3n) is 3.34. The number of nitrogens with one attached hydrogen (secondary N) is 1. The van der Waals surface area contributed by atoms with Crippen molar-refractivity contribution in [2.45, 2.75) is 18.7 Å².